The summed E-state index contributed by atoms with van der Waals surface area (Å²) in [6, 6.07) is 6.95. The molecule has 20 heavy (non-hydrogen) atoms. The van der Waals surface area contributed by atoms with Gasteiger partial charge in [0.25, 0.3) is 10.0 Å². The first-order valence-corrected chi connectivity index (χ1v) is 7.12. The van der Waals surface area contributed by atoms with Crippen LogP contribution in [0.25, 0.3) is 0 Å². The van der Waals surface area contributed by atoms with Gasteiger partial charge in [-0.1, -0.05) is 6.07 Å². The number of hydrogen-bond acceptors (Lipinski definition) is 3. The molecule has 7 heteroatoms. The largest absolute Gasteiger partial charge is 0.399 e. The molecule has 0 saturated carbocycles. The molecule has 106 valence electrons. The van der Waals surface area contributed by atoms with Crippen LogP contribution in [0.1, 0.15) is 5.56 Å². The third-order valence-electron chi connectivity index (χ3n) is 2.69. The van der Waals surface area contributed by atoms with E-state index in [0.29, 0.717) is 5.56 Å². The monoisotopic (exact) mass is 298 g/mol. The highest BCUT2D eigenvalue weighted by Crippen LogP contribution is 2.22. The van der Waals surface area contributed by atoms with Gasteiger partial charge in [-0.05, 0) is 42.8 Å². The Morgan fingerprint density at radius 1 is 1.05 bits per heavy atom. The highest BCUT2D eigenvalue weighted by atomic mass is 32.2. The zero-order chi connectivity index (χ0) is 14.9. The van der Waals surface area contributed by atoms with Crippen molar-refractivity contribution in [1.82, 2.24) is 0 Å². The van der Waals surface area contributed by atoms with Gasteiger partial charge in [0.1, 0.15) is 11.6 Å². The first-order chi connectivity index (χ1) is 9.29. The number of benzene rings is 2. The summed E-state index contributed by atoms with van der Waals surface area (Å²) >= 11 is 0. The van der Waals surface area contributed by atoms with Gasteiger partial charge in [-0.25, -0.2) is 17.2 Å². The Labute approximate surface area is 115 Å². The van der Waals surface area contributed by atoms with Gasteiger partial charge in [-0.3, -0.25) is 4.72 Å². The minimum absolute atomic E-state index is 0.208. The van der Waals surface area contributed by atoms with Crippen LogP contribution in [-0.2, 0) is 10.0 Å². The third-order valence-corrected chi connectivity index (χ3v) is 4.05. The second kappa shape index (κ2) is 5.09. The molecular weight excluding hydrogens is 286 g/mol. The van der Waals surface area contributed by atoms with Crippen molar-refractivity contribution in [3.8, 4) is 0 Å². The first-order valence-electron chi connectivity index (χ1n) is 5.63. The molecule has 0 fully saturated rings. The maximum absolute atomic E-state index is 13.5. The fourth-order valence-electron chi connectivity index (χ4n) is 1.57. The van der Waals surface area contributed by atoms with Crippen LogP contribution in [0.4, 0.5) is 20.2 Å². The van der Waals surface area contributed by atoms with Crippen LogP contribution in [0, 0.1) is 18.6 Å². The predicted octanol–water partition coefficient (Wildman–Crippen LogP) is 2.66. The van der Waals surface area contributed by atoms with Crippen molar-refractivity contribution in [1.29, 1.82) is 0 Å². The van der Waals surface area contributed by atoms with Crippen LogP contribution in [0.2, 0.25) is 0 Å². The third kappa shape index (κ3) is 2.88. The molecule has 0 spiro atoms. The molecule has 0 bridgehead atoms. The number of aryl methyl sites for hydroxylation is 1. The summed E-state index contributed by atoms with van der Waals surface area (Å²) in [5, 5.41) is 0. The molecular formula is C13H12F2N2O2S. The summed E-state index contributed by atoms with van der Waals surface area (Å²) in [4.78, 5) is -0.289. The zero-order valence-electron chi connectivity index (χ0n) is 10.5. The van der Waals surface area contributed by atoms with Gasteiger partial charge in [-0.2, -0.15) is 0 Å². The van der Waals surface area contributed by atoms with Gasteiger partial charge in [0.15, 0.2) is 0 Å². The van der Waals surface area contributed by atoms with Crippen molar-refractivity contribution >= 4 is 21.4 Å². The van der Waals surface area contributed by atoms with Crippen LogP contribution in [0.3, 0.4) is 0 Å². The van der Waals surface area contributed by atoms with E-state index in [1.54, 1.807) is 0 Å². The Bertz CT molecular complexity index is 761. The van der Waals surface area contributed by atoms with Crippen LogP contribution < -0.4 is 10.5 Å². The van der Waals surface area contributed by atoms with Gasteiger partial charge in [0.2, 0.25) is 0 Å². The van der Waals surface area contributed by atoms with Crippen molar-refractivity contribution in [3.05, 3.63) is 53.6 Å². The number of anilines is 2. The average molecular weight is 298 g/mol. The van der Waals surface area contributed by atoms with Crippen molar-refractivity contribution in [3.63, 3.8) is 0 Å². The Hall–Kier alpha value is -2.15. The lowest BCUT2D eigenvalue weighted by atomic mass is 10.2. The van der Waals surface area contributed by atoms with Gasteiger partial charge in [-0.15, -0.1) is 0 Å². The lowest BCUT2D eigenvalue weighted by molar-refractivity contribution is 0.591. The number of hydrogen-bond donors (Lipinski definition) is 2. The fourth-order valence-corrected chi connectivity index (χ4v) is 2.64. The summed E-state index contributed by atoms with van der Waals surface area (Å²) in [6.07, 6.45) is 0. The van der Waals surface area contributed by atoms with E-state index < -0.39 is 21.7 Å². The van der Waals surface area contributed by atoms with E-state index in [0.717, 1.165) is 18.2 Å². The van der Waals surface area contributed by atoms with Crippen LogP contribution in [0.5, 0.6) is 0 Å². The molecule has 2 aromatic rings. The molecule has 0 heterocycles. The number of sulfonamides is 1. The molecule has 0 aliphatic carbocycles. The fraction of sp³-hybridized carbons (Fsp3) is 0.0769. The number of nitrogens with two attached hydrogens (primary N) is 1. The minimum Gasteiger partial charge on any atom is -0.399 e. The molecule has 0 aliphatic heterocycles. The first kappa shape index (κ1) is 14.3. The lowest BCUT2D eigenvalue weighted by Gasteiger charge is -2.10. The van der Waals surface area contributed by atoms with E-state index in [1.807, 2.05) is 4.72 Å². The van der Waals surface area contributed by atoms with Crippen molar-refractivity contribution in [2.24, 2.45) is 0 Å². The zero-order valence-corrected chi connectivity index (χ0v) is 11.3. The standard InChI is InChI=1S/C13H12F2N2O2S/c1-8-2-4-10(7-12(8)15)20(18,19)17-13-6-9(16)3-5-11(13)14/h2-7,17H,16H2,1H3. The minimum atomic E-state index is -4.08. The van der Waals surface area contributed by atoms with E-state index in [9.17, 15) is 17.2 Å². The van der Waals surface area contributed by atoms with Crippen molar-refractivity contribution in [2.45, 2.75) is 11.8 Å². The molecule has 0 saturated heterocycles. The molecule has 0 amide bonds. The van der Waals surface area contributed by atoms with E-state index >= 15 is 0 Å². The molecule has 0 unspecified atom stereocenters. The smallest absolute Gasteiger partial charge is 0.262 e. The predicted molar refractivity (Wildman–Crippen MR) is 72.8 cm³/mol. The second-order valence-corrected chi connectivity index (χ2v) is 5.94. The Kier molecular flexibility index (Phi) is 3.63. The second-order valence-electron chi connectivity index (χ2n) is 4.26. The van der Waals surface area contributed by atoms with Gasteiger partial charge >= 0.3 is 0 Å². The van der Waals surface area contributed by atoms with E-state index in [-0.39, 0.29) is 16.3 Å². The molecule has 4 nitrogen and oxygen atoms in total. The van der Waals surface area contributed by atoms with E-state index in [4.69, 9.17) is 5.73 Å². The summed E-state index contributed by atoms with van der Waals surface area (Å²) in [5.41, 5.74) is 5.71. The Morgan fingerprint density at radius 3 is 2.40 bits per heavy atom. The maximum Gasteiger partial charge on any atom is 0.262 e. The average Bonchev–Trinajstić information content (AvgIpc) is 2.36. The quantitative estimate of drug-likeness (QED) is 0.856. The number of halogens is 2. The molecule has 0 aromatic heterocycles. The van der Waals surface area contributed by atoms with Crippen LogP contribution >= 0.6 is 0 Å². The topological polar surface area (TPSA) is 72.2 Å². The summed E-state index contributed by atoms with van der Waals surface area (Å²) in [5.74, 6) is -1.42. The normalized spacial score (nSPS) is 11.3. The highest BCUT2D eigenvalue weighted by molar-refractivity contribution is 7.92. The molecule has 2 rings (SSSR count). The number of rotatable bonds is 3. The molecule has 0 atom stereocenters. The van der Waals surface area contributed by atoms with Gasteiger partial charge in [0, 0.05) is 5.69 Å². The van der Waals surface area contributed by atoms with Crippen LogP contribution in [0.15, 0.2) is 41.3 Å². The molecule has 3 N–H and O–H groups in total. The van der Waals surface area contributed by atoms with Gasteiger partial charge < -0.3 is 5.73 Å². The SMILES string of the molecule is Cc1ccc(S(=O)(=O)Nc2cc(N)ccc2F)cc1F. The number of nitrogen functional groups attached to an aromatic ring is 1. The van der Waals surface area contributed by atoms with Crippen molar-refractivity contribution in [2.75, 3.05) is 10.5 Å². The van der Waals surface area contributed by atoms with E-state index in [1.165, 1.54) is 25.1 Å². The maximum atomic E-state index is 13.5. The number of nitrogens with one attached hydrogen (secondary N) is 1. The van der Waals surface area contributed by atoms with E-state index in [2.05, 4.69) is 0 Å². The van der Waals surface area contributed by atoms with Gasteiger partial charge in [0.05, 0.1) is 10.6 Å². The Balaban J connectivity index is 2.40. The molecule has 2 aromatic carbocycles. The summed E-state index contributed by atoms with van der Waals surface area (Å²) in [6.45, 7) is 1.51. The molecule has 0 aliphatic rings. The Morgan fingerprint density at radius 2 is 1.75 bits per heavy atom. The highest BCUT2D eigenvalue weighted by Gasteiger charge is 2.17. The van der Waals surface area contributed by atoms with Crippen molar-refractivity contribution < 1.29 is 17.2 Å². The molecule has 0 radical (unpaired) electrons. The summed E-state index contributed by atoms with van der Waals surface area (Å²) < 4.78 is 53.0. The van der Waals surface area contributed by atoms with Crippen LogP contribution in [-0.4, -0.2) is 8.42 Å². The summed E-state index contributed by atoms with van der Waals surface area (Å²) in [7, 11) is -4.08. The lowest BCUT2D eigenvalue weighted by Crippen LogP contribution is -2.14.